The number of anilines is 2. The van der Waals surface area contributed by atoms with E-state index in [4.69, 9.17) is 0 Å². The van der Waals surface area contributed by atoms with Crippen LogP contribution in [-0.4, -0.2) is 26.6 Å². The average Bonchev–Trinajstić information content (AvgIpc) is 3.06. The first-order chi connectivity index (χ1) is 12.6. The third-order valence-electron chi connectivity index (χ3n) is 4.21. The van der Waals surface area contributed by atoms with E-state index in [9.17, 15) is 9.59 Å². The summed E-state index contributed by atoms with van der Waals surface area (Å²) in [4.78, 5) is 29.1. The van der Waals surface area contributed by atoms with Crippen LogP contribution in [0, 0.1) is 6.92 Å². The summed E-state index contributed by atoms with van der Waals surface area (Å²) in [6.45, 7) is 2.00. The number of fused-ring (bicyclic) bond motifs is 1. The van der Waals surface area contributed by atoms with E-state index in [-0.39, 0.29) is 24.2 Å². The smallest absolute Gasteiger partial charge is 0.249 e. The molecule has 0 saturated heterocycles. The van der Waals surface area contributed by atoms with Crippen LogP contribution < -0.4 is 10.6 Å². The fourth-order valence-corrected chi connectivity index (χ4v) is 2.84. The Morgan fingerprint density at radius 3 is 2.62 bits per heavy atom. The normalized spacial score (nSPS) is 15.9. The number of rotatable bonds is 3. The Morgan fingerprint density at radius 2 is 1.88 bits per heavy atom. The molecule has 0 bridgehead atoms. The molecule has 1 aliphatic rings. The van der Waals surface area contributed by atoms with Gasteiger partial charge in [0.25, 0.3) is 0 Å². The molecule has 0 unspecified atom stereocenters. The van der Waals surface area contributed by atoms with Gasteiger partial charge in [-0.3, -0.25) is 14.9 Å². The van der Waals surface area contributed by atoms with Gasteiger partial charge in [-0.05, 0) is 19.1 Å². The zero-order valence-corrected chi connectivity index (χ0v) is 14.1. The minimum atomic E-state index is -0.745. The van der Waals surface area contributed by atoms with E-state index in [0.717, 1.165) is 11.1 Å². The van der Waals surface area contributed by atoms with Crippen molar-refractivity contribution in [1.29, 1.82) is 0 Å². The minimum Gasteiger partial charge on any atom is -0.324 e. The summed E-state index contributed by atoms with van der Waals surface area (Å²) in [6.07, 6.45) is 0.0162. The van der Waals surface area contributed by atoms with E-state index >= 15 is 0 Å². The first-order valence-electron chi connectivity index (χ1n) is 8.29. The highest BCUT2D eigenvalue weighted by atomic mass is 16.2. The lowest BCUT2D eigenvalue weighted by Gasteiger charge is -2.22. The van der Waals surface area contributed by atoms with Crippen molar-refractivity contribution in [1.82, 2.24) is 14.8 Å². The maximum Gasteiger partial charge on any atom is 0.249 e. The molecule has 26 heavy (non-hydrogen) atoms. The molecule has 2 amide bonds. The van der Waals surface area contributed by atoms with Gasteiger partial charge in [0.15, 0.2) is 5.82 Å². The van der Waals surface area contributed by atoms with Gasteiger partial charge in [0.2, 0.25) is 17.8 Å². The number of para-hydroxylation sites is 1. The van der Waals surface area contributed by atoms with Crippen LogP contribution in [0.25, 0.3) is 11.4 Å². The monoisotopic (exact) mass is 347 g/mol. The molecule has 1 aliphatic heterocycles. The summed E-state index contributed by atoms with van der Waals surface area (Å²) in [5.41, 5.74) is 2.63. The molecule has 0 aliphatic carbocycles. The molecular weight excluding hydrogens is 330 g/mol. The first-order valence-corrected chi connectivity index (χ1v) is 8.29. The standard InChI is InChI=1S/C19H17N5O2/c1-12-7-9-13(10-8-12)17-22-19-21-16(25)11-15(24(19)23-17)18(26)20-14-5-3-2-4-6-14/h2-10,15H,11H2,1H3,(H,20,26)(H,21,22,23,25)/t15-/m1/s1. The molecule has 2 aromatic carbocycles. The topological polar surface area (TPSA) is 88.9 Å². The molecule has 7 nitrogen and oxygen atoms in total. The second-order valence-electron chi connectivity index (χ2n) is 6.19. The molecule has 4 rings (SSSR count). The fraction of sp³-hybridized carbons (Fsp3) is 0.158. The summed E-state index contributed by atoms with van der Waals surface area (Å²) >= 11 is 0. The van der Waals surface area contributed by atoms with Crippen molar-refractivity contribution >= 4 is 23.5 Å². The quantitative estimate of drug-likeness (QED) is 0.762. The van der Waals surface area contributed by atoms with Gasteiger partial charge in [0, 0.05) is 11.3 Å². The average molecular weight is 347 g/mol. The number of hydrogen-bond donors (Lipinski definition) is 2. The van der Waals surface area contributed by atoms with Gasteiger partial charge in [-0.25, -0.2) is 4.68 Å². The summed E-state index contributed by atoms with van der Waals surface area (Å²) in [7, 11) is 0. The van der Waals surface area contributed by atoms with E-state index in [2.05, 4.69) is 20.7 Å². The maximum absolute atomic E-state index is 12.7. The van der Waals surface area contributed by atoms with Crippen LogP contribution in [0.15, 0.2) is 54.6 Å². The van der Waals surface area contributed by atoms with Crippen molar-refractivity contribution in [2.45, 2.75) is 19.4 Å². The molecule has 0 saturated carbocycles. The lowest BCUT2D eigenvalue weighted by Crippen LogP contribution is -2.36. The fourth-order valence-electron chi connectivity index (χ4n) is 2.84. The zero-order chi connectivity index (χ0) is 18.1. The summed E-state index contributed by atoms with van der Waals surface area (Å²) < 4.78 is 1.48. The maximum atomic E-state index is 12.7. The Balaban J connectivity index is 1.65. The second-order valence-corrected chi connectivity index (χ2v) is 6.19. The number of hydrogen-bond acceptors (Lipinski definition) is 4. The molecule has 0 spiro atoms. The summed E-state index contributed by atoms with van der Waals surface area (Å²) in [5.74, 6) is 0.200. The van der Waals surface area contributed by atoms with Crippen molar-refractivity contribution in [3.63, 3.8) is 0 Å². The van der Waals surface area contributed by atoms with Gasteiger partial charge in [-0.1, -0.05) is 48.0 Å². The molecule has 2 N–H and O–H groups in total. The molecule has 0 fully saturated rings. The lowest BCUT2D eigenvalue weighted by atomic mass is 10.1. The number of carbonyl (C=O) groups is 2. The third kappa shape index (κ3) is 3.06. The van der Waals surface area contributed by atoms with Crippen molar-refractivity contribution in [3.05, 3.63) is 60.2 Å². The Bertz CT molecular complexity index is 963. The molecular formula is C19H17N5O2. The lowest BCUT2D eigenvalue weighted by molar-refractivity contribution is -0.125. The Hall–Kier alpha value is -3.48. The van der Waals surface area contributed by atoms with Gasteiger partial charge < -0.3 is 5.32 Å². The van der Waals surface area contributed by atoms with Crippen LogP contribution in [0.3, 0.4) is 0 Å². The van der Waals surface area contributed by atoms with E-state index in [1.807, 2.05) is 49.4 Å². The van der Waals surface area contributed by atoms with Crippen LogP contribution in [-0.2, 0) is 9.59 Å². The van der Waals surface area contributed by atoms with Gasteiger partial charge in [-0.2, -0.15) is 4.98 Å². The molecule has 130 valence electrons. The van der Waals surface area contributed by atoms with E-state index in [1.165, 1.54) is 4.68 Å². The highest BCUT2D eigenvalue weighted by molar-refractivity contribution is 6.00. The highest BCUT2D eigenvalue weighted by Crippen LogP contribution is 2.27. The number of aromatic nitrogens is 3. The van der Waals surface area contributed by atoms with Crippen LogP contribution in [0.4, 0.5) is 11.6 Å². The highest BCUT2D eigenvalue weighted by Gasteiger charge is 2.33. The first kappa shape index (κ1) is 16.0. The number of carbonyl (C=O) groups excluding carboxylic acids is 2. The second kappa shape index (κ2) is 6.44. The van der Waals surface area contributed by atoms with Crippen molar-refractivity contribution in [2.24, 2.45) is 0 Å². The number of nitrogens with one attached hydrogen (secondary N) is 2. The van der Waals surface area contributed by atoms with Crippen molar-refractivity contribution in [3.8, 4) is 11.4 Å². The van der Waals surface area contributed by atoms with Gasteiger partial charge in [-0.15, -0.1) is 5.10 Å². The molecule has 2 heterocycles. The van der Waals surface area contributed by atoms with Crippen molar-refractivity contribution in [2.75, 3.05) is 10.6 Å². The summed E-state index contributed by atoms with van der Waals surface area (Å²) in [6, 6.07) is 16.1. The molecule has 0 radical (unpaired) electrons. The molecule has 1 atom stereocenters. The van der Waals surface area contributed by atoms with E-state index < -0.39 is 6.04 Å². The van der Waals surface area contributed by atoms with Gasteiger partial charge in [0.1, 0.15) is 6.04 Å². The zero-order valence-electron chi connectivity index (χ0n) is 14.1. The van der Waals surface area contributed by atoms with Crippen LogP contribution >= 0.6 is 0 Å². The number of aryl methyl sites for hydroxylation is 1. The summed E-state index contributed by atoms with van der Waals surface area (Å²) in [5, 5.41) is 9.96. The number of nitrogens with zero attached hydrogens (tertiary/aromatic N) is 3. The van der Waals surface area contributed by atoms with Crippen LogP contribution in [0.5, 0.6) is 0 Å². The van der Waals surface area contributed by atoms with E-state index in [1.54, 1.807) is 12.1 Å². The molecule has 1 aromatic heterocycles. The molecule has 7 heteroatoms. The third-order valence-corrected chi connectivity index (χ3v) is 4.21. The largest absolute Gasteiger partial charge is 0.324 e. The Morgan fingerprint density at radius 1 is 1.15 bits per heavy atom. The van der Waals surface area contributed by atoms with Gasteiger partial charge >= 0.3 is 0 Å². The minimum absolute atomic E-state index is 0.0162. The molecule has 3 aromatic rings. The van der Waals surface area contributed by atoms with Crippen LogP contribution in [0.1, 0.15) is 18.0 Å². The predicted molar refractivity (Wildman–Crippen MR) is 97.6 cm³/mol. The van der Waals surface area contributed by atoms with Crippen molar-refractivity contribution < 1.29 is 9.59 Å². The predicted octanol–water partition coefficient (Wildman–Crippen LogP) is 2.78. The van der Waals surface area contributed by atoms with Gasteiger partial charge in [0.05, 0.1) is 6.42 Å². The Kier molecular flexibility index (Phi) is 3.96. The van der Waals surface area contributed by atoms with Crippen LogP contribution in [0.2, 0.25) is 0 Å². The SMILES string of the molecule is Cc1ccc(-c2nc3n(n2)[C@@H](C(=O)Nc2ccccc2)CC(=O)N3)cc1. The number of amides is 2. The number of benzene rings is 2. The van der Waals surface area contributed by atoms with E-state index in [0.29, 0.717) is 11.5 Å². The Labute approximate surface area is 150 Å².